The molecule has 1 N–H and O–H groups in total. The van der Waals surface area contributed by atoms with Gasteiger partial charge >= 0.3 is 0 Å². The highest BCUT2D eigenvalue weighted by molar-refractivity contribution is 5.63. The molecule has 2 aromatic rings. The third-order valence-electron chi connectivity index (χ3n) is 4.80. The molecule has 0 aliphatic heterocycles. The van der Waals surface area contributed by atoms with Crippen molar-refractivity contribution < 1.29 is 0 Å². The molecule has 0 heterocycles. The second-order valence-electron chi connectivity index (χ2n) is 6.28. The highest BCUT2D eigenvalue weighted by atomic mass is 14.9. The van der Waals surface area contributed by atoms with E-state index in [1.807, 2.05) is 0 Å². The van der Waals surface area contributed by atoms with Crippen molar-refractivity contribution in [2.45, 2.75) is 45.2 Å². The lowest BCUT2D eigenvalue weighted by atomic mass is 9.99. The molecule has 1 aliphatic rings. The van der Waals surface area contributed by atoms with Crippen molar-refractivity contribution in [1.29, 1.82) is 0 Å². The average Bonchev–Trinajstić information content (AvgIpc) is 3.08. The van der Waals surface area contributed by atoms with E-state index in [-0.39, 0.29) is 0 Å². The summed E-state index contributed by atoms with van der Waals surface area (Å²) < 4.78 is 0. The van der Waals surface area contributed by atoms with Gasteiger partial charge in [-0.1, -0.05) is 67.4 Å². The Hall–Kier alpha value is -1.60. The van der Waals surface area contributed by atoms with E-state index < -0.39 is 0 Å². The molecule has 1 unspecified atom stereocenters. The van der Waals surface area contributed by atoms with Crippen LogP contribution in [0, 0.1) is 5.92 Å². The SMILES string of the molecule is CC(NCc1ccc(-c2ccccc2)cc1)C1CCCC1. The zero-order valence-electron chi connectivity index (χ0n) is 12.9. The minimum atomic E-state index is 0.640. The summed E-state index contributed by atoms with van der Waals surface area (Å²) in [6.45, 7) is 3.32. The van der Waals surface area contributed by atoms with Gasteiger partial charge in [-0.3, -0.25) is 0 Å². The highest BCUT2D eigenvalue weighted by Crippen LogP contribution is 2.27. The molecule has 2 aromatic carbocycles. The van der Waals surface area contributed by atoms with Gasteiger partial charge in [-0.05, 0) is 42.4 Å². The van der Waals surface area contributed by atoms with Gasteiger partial charge in [0.1, 0.15) is 0 Å². The minimum Gasteiger partial charge on any atom is -0.310 e. The first-order valence-corrected chi connectivity index (χ1v) is 8.21. The van der Waals surface area contributed by atoms with E-state index >= 15 is 0 Å². The fourth-order valence-electron chi connectivity index (χ4n) is 3.35. The molecule has 0 amide bonds. The van der Waals surface area contributed by atoms with Crippen molar-refractivity contribution >= 4 is 0 Å². The van der Waals surface area contributed by atoms with E-state index in [4.69, 9.17) is 0 Å². The molecule has 0 radical (unpaired) electrons. The van der Waals surface area contributed by atoms with Crippen LogP contribution in [0.4, 0.5) is 0 Å². The molecule has 21 heavy (non-hydrogen) atoms. The monoisotopic (exact) mass is 279 g/mol. The maximum Gasteiger partial charge on any atom is 0.0208 e. The molecule has 1 aliphatic carbocycles. The van der Waals surface area contributed by atoms with Gasteiger partial charge in [-0.25, -0.2) is 0 Å². The molecule has 0 saturated heterocycles. The highest BCUT2D eigenvalue weighted by Gasteiger charge is 2.20. The molecule has 1 nitrogen and oxygen atoms in total. The van der Waals surface area contributed by atoms with E-state index in [1.165, 1.54) is 42.4 Å². The summed E-state index contributed by atoms with van der Waals surface area (Å²) in [4.78, 5) is 0. The molecule has 0 bridgehead atoms. The van der Waals surface area contributed by atoms with Gasteiger partial charge in [0.2, 0.25) is 0 Å². The van der Waals surface area contributed by atoms with Gasteiger partial charge in [-0.15, -0.1) is 0 Å². The summed E-state index contributed by atoms with van der Waals surface area (Å²) >= 11 is 0. The van der Waals surface area contributed by atoms with E-state index in [1.54, 1.807) is 0 Å². The molecular weight excluding hydrogens is 254 g/mol. The number of benzene rings is 2. The topological polar surface area (TPSA) is 12.0 Å². The maximum absolute atomic E-state index is 3.70. The van der Waals surface area contributed by atoms with Crippen molar-refractivity contribution in [1.82, 2.24) is 5.32 Å². The Labute approximate surface area is 128 Å². The Morgan fingerprint density at radius 1 is 0.905 bits per heavy atom. The summed E-state index contributed by atoms with van der Waals surface area (Å²) in [5.41, 5.74) is 3.96. The summed E-state index contributed by atoms with van der Waals surface area (Å²) in [6.07, 6.45) is 5.65. The van der Waals surface area contributed by atoms with Gasteiger partial charge in [0.15, 0.2) is 0 Å². The smallest absolute Gasteiger partial charge is 0.0208 e. The van der Waals surface area contributed by atoms with Crippen LogP contribution in [0.1, 0.15) is 38.2 Å². The van der Waals surface area contributed by atoms with Crippen molar-refractivity contribution in [3.05, 3.63) is 60.2 Å². The minimum absolute atomic E-state index is 0.640. The van der Waals surface area contributed by atoms with Crippen LogP contribution >= 0.6 is 0 Å². The molecule has 1 heteroatoms. The first kappa shape index (κ1) is 14.3. The molecule has 110 valence electrons. The molecule has 1 fully saturated rings. The lowest BCUT2D eigenvalue weighted by molar-refractivity contribution is 0.380. The molecule has 0 aromatic heterocycles. The van der Waals surface area contributed by atoms with Crippen LogP contribution in [0.5, 0.6) is 0 Å². The molecule has 0 spiro atoms. The van der Waals surface area contributed by atoms with Crippen LogP contribution in [0.3, 0.4) is 0 Å². The molecule has 3 rings (SSSR count). The number of rotatable bonds is 5. The Morgan fingerprint density at radius 2 is 1.52 bits per heavy atom. The van der Waals surface area contributed by atoms with Crippen molar-refractivity contribution in [3.8, 4) is 11.1 Å². The molecule has 1 atom stereocenters. The van der Waals surface area contributed by atoms with Gasteiger partial charge < -0.3 is 5.32 Å². The fourth-order valence-corrected chi connectivity index (χ4v) is 3.35. The lowest BCUT2D eigenvalue weighted by Gasteiger charge is -2.20. The maximum atomic E-state index is 3.70. The largest absolute Gasteiger partial charge is 0.310 e. The predicted molar refractivity (Wildman–Crippen MR) is 90.1 cm³/mol. The third kappa shape index (κ3) is 3.74. The number of hydrogen-bond donors (Lipinski definition) is 1. The second kappa shape index (κ2) is 6.91. The third-order valence-corrected chi connectivity index (χ3v) is 4.80. The van der Waals surface area contributed by atoms with Gasteiger partial charge in [-0.2, -0.15) is 0 Å². The Kier molecular flexibility index (Phi) is 4.72. The summed E-state index contributed by atoms with van der Waals surface area (Å²) in [7, 11) is 0. The van der Waals surface area contributed by atoms with Crippen molar-refractivity contribution in [2.75, 3.05) is 0 Å². The van der Waals surface area contributed by atoms with Crippen molar-refractivity contribution in [2.24, 2.45) is 5.92 Å². The van der Waals surface area contributed by atoms with Crippen LogP contribution in [-0.2, 0) is 6.54 Å². The van der Waals surface area contributed by atoms with E-state index in [2.05, 4.69) is 66.8 Å². The first-order chi connectivity index (χ1) is 10.3. The number of hydrogen-bond acceptors (Lipinski definition) is 1. The van der Waals surface area contributed by atoms with E-state index in [9.17, 15) is 0 Å². The summed E-state index contributed by atoms with van der Waals surface area (Å²) in [6, 6.07) is 20.2. The Morgan fingerprint density at radius 3 is 2.19 bits per heavy atom. The average molecular weight is 279 g/mol. The van der Waals surface area contributed by atoms with Crippen LogP contribution in [0.25, 0.3) is 11.1 Å². The van der Waals surface area contributed by atoms with Crippen LogP contribution < -0.4 is 5.32 Å². The standard InChI is InChI=1S/C20H25N/c1-16(18-7-5-6-8-18)21-15-17-11-13-20(14-12-17)19-9-3-2-4-10-19/h2-4,9-14,16,18,21H,5-8,15H2,1H3. The zero-order valence-corrected chi connectivity index (χ0v) is 12.9. The van der Waals surface area contributed by atoms with E-state index in [0.717, 1.165) is 12.5 Å². The normalized spacial score (nSPS) is 17.0. The quantitative estimate of drug-likeness (QED) is 0.810. The fraction of sp³-hybridized carbons (Fsp3) is 0.400. The summed E-state index contributed by atoms with van der Waals surface area (Å²) in [5, 5.41) is 3.70. The van der Waals surface area contributed by atoms with Crippen LogP contribution in [0.15, 0.2) is 54.6 Å². The van der Waals surface area contributed by atoms with Gasteiger partial charge in [0.05, 0.1) is 0 Å². The van der Waals surface area contributed by atoms with Gasteiger partial charge in [0, 0.05) is 12.6 Å². The van der Waals surface area contributed by atoms with E-state index in [0.29, 0.717) is 6.04 Å². The van der Waals surface area contributed by atoms with Gasteiger partial charge in [0.25, 0.3) is 0 Å². The van der Waals surface area contributed by atoms with Crippen molar-refractivity contribution in [3.63, 3.8) is 0 Å². The number of nitrogens with one attached hydrogen (secondary N) is 1. The van der Waals surface area contributed by atoms with Crippen LogP contribution in [0.2, 0.25) is 0 Å². The molecule has 1 saturated carbocycles. The second-order valence-corrected chi connectivity index (χ2v) is 6.28. The molecular formula is C20H25N. The first-order valence-electron chi connectivity index (χ1n) is 8.21. The zero-order chi connectivity index (χ0) is 14.5. The predicted octanol–water partition coefficient (Wildman–Crippen LogP) is 5.02. The summed E-state index contributed by atoms with van der Waals surface area (Å²) in [5.74, 6) is 0.883. The lowest BCUT2D eigenvalue weighted by Crippen LogP contribution is -2.31. The Bertz CT molecular complexity index is 538. The Balaban J connectivity index is 1.57. The van der Waals surface area contributed by atoms with Crippen LogP contribution in [-0.4, -0.2) is 6.04 Å².